The first kappa shape index (κ1) is 13.2. The predicted octanol–water partition coefficient (Wildman–Crippen LogP) is 3.47. The summed E-state index contributed by atoms with van der Waals surface area (Å²) < 4.78 is 10.5. The van der Waals surface area contributed by atoms with E-state index in [2.05, 4.69) is 0 Å². The number of rotatable bonds is 4. The molecule has 0 fully saturated rings. The van der Waals surface area contributed by atoms with Crippen molar-refractivity contribution in [2.45, 2.75) is 6.04 Å². The highest BCUT2D eigenvalue weighted by atomic mass is 35.5. The molecule has 0 spiro atoms. The van der Waals surface area contributed by atoms with Gasteiger partial charge in [0.1, 0.15) is 11.5 Å². The summed E-state index contributed by atoms with van der Waals surface area (Å²) in [5, 5.41) is 2.61. The second-order valence-corrected chi connectivity index (χ2v) is 5.07. The molecule has 0 saturated carbocycles. The van der Waals surface area contributed by atoms with E-state index in [9.17, 15) is 0 Å². The minimum Gasteiger partial charge on any atom is -0.497 e. The molecule has 1 atom stereocenters. The van der Waals surface area contributed by atoms with Crippen molar-refractivity contribution < 1.29 is 9.47 Å². The Labute approximate surface area is 115 Å². The lowest BCUT2D eigenvalue weighted by Gasteiger charge is -2.16. The molecule has 3 nitrogen and oxygen atoms in total. The number of methoxy groups -OCH3 is 2. The van der Waals surface area contributed by atoms with E-state index in [1.165, 1.54) is 11.3 Å². The van der Waals surface area contributed by atoms with Gasteiger partial charge in [0.15, 0.2) is 0 Å². The van der Waals surface area contributed by atoms with E-state index in [1.54, 1.807) is 14.2 Å². The SMILES string of the molecule is COc1ccc(C(N)c2sccc2Cl)c(OC)c1. The zero-order valence-corrected chi connectivity index (χ0v) is 11.7. The third-order valence-corrected chi connectivity index (χ3v) is 4.14. The average molecular weight is 284 g/mol. The molecule has 2 aromatic rings. The maximum Gasteiger partial charge on any atom is 0.127 e. The van der Waals surface area contributed by atoms with Crippen LogP contribution in [-0.4, -0.2) is 14.2 Å². The molecular formula is C13H14ClNO2S. The Bertz CT molecular complexity index is 542. The predicted molar refractivity (Wildman–Crippen MR) is 74.9 cm³/mol. The van der Waals surface area contributed by atoms with Gasteiger partial charge in [0.25, 0.3) is 0 Å². The molecule has 0 aliphatic carbocycles. The number of hydrogen-bond acceptors (Lipinski definition) is 4. The van der Waals surface area contributed by atoms with Crippen molar-refractivity contribution in [1.29, 1.82) is 0 Å². The maximum atomic E-state index is 6.23. The molecule has 96 valence electrons. The highest BCUT2D eigenvalue weighted by molar-refractivity contribution is 7.10. The molecule has 1 aromatic carbocycles. The topological polar surface area (TPSA) is 44.5 Å². The van der Waals surface area contributed by atoms with Crippen molar-refractivity contribution >= 4 is 22.9 Å². The fourth-order valence-electron chi connectivity index (χ4n) is 1.74. The molecule has 1 heterocycles. The van der Waals surface area contributed by atoms with E-state index in [0.29, 0.717) is 10.8 Å². The van der Waals surface area contributed by atoms with Crippen LogP contribution in [0, 0.1) is 0 Å². The van der Waals surface area contributed by atoms with Crippen LogP contribution in [0.4, 0.5) is 0 Å². The zero-order chi connectivity index (χ0) is 13.1. The fraction of sp³-hybridized carbons (Fsp3) is 0.231. The van der Waals surface area contributed by atoms with Crippen LogP contribution in [0.3, 0.4) is 0 Å². The summed E-state index contributed by atoms with van der Waals surface area (Å²) in [5.74, 6) is 1.44. The van der Waals surface area contributed by atoms with Crippen LogP contribution in [0.2, 0.25) is 5.02 Å². The van der Waals surface area contributed by atoms with Gasteiger partial charge in [0, 0.05) is 16.5 Å². The number of halogens is 1. The summed E-state index contributed by atoms with van der Waals surface area (Å²) >= 11 is 7.64. The summed E-state index contributed by atoms with van der Waals surface area (Å²) in [7, 11) is 3.23. The molecule has 5 heteroatoms. The smallest absolute Gasteiger partial charge is 0.127 e. The van der Waals surface area contributed by atoms with Gasteiger partial charge in [-0.1, -0.05) is 11.6 Å². The highest BCUT2D eigenvalue weighted by Gasteiger charge is 2.18. The van der Waals surface area contributed by atoms with Crippen LogP contribution in [0.15, 0.2) is 29.6 Å². The first-order valence-corrected chi connectivity index (χ1v) is 6.63. The highest BCUT2D eigenvalue weighted by Crippen LogP contribution is 2.36. The largest absolute Gasteiger partial charge is 0.497 e. The first-order valence-electron chi connectivity index (χ1n) is 5.37. The van der Waals surface area contributed by atoms with Gasteiger partial charge in [-0.05, 0) is 23.6 Å². The van der Waals surface area contributed by atoms with E-state index in [1.807, 2.05) is 29.6 Å². The Morgan fingerprint density at radius 2 is 2.00 bits per heavy atom. The lowest BCUT2D eigenvalue weighted by Crippen LogP contribution is -2.12. The lowest BCUT2D eigenvalue weighted by molar-refractivity contribution is 0.390. The van der Waals surface area contributed by atoms with E-state index in [-0.39, 0.29) is 6.04 Å². The second-order valence-electron chi connectivity index (χ2n) is 3.72. The first-order chi connectivity index (χ1) is 8.67. The standard InChI is InChI=1S/C13H14ClNO2S/c1-16-8-3-4-9(11(7-8)17-2)12(15)13-10(14)5-6-18-13/h3-7,12H,15H2,1-2H3. The molecule has 0 bridgehead atoms. The minimum atomic E-state index is -0.293. The number of nitrogens with two attached hydrogens (primary N) is 1. The Morgan fingerprint density at radius 3 is 2.56 bits per heavy atom. The van der Waals surface area contributed by atoms with E-state index in [0.717, 1.165) is 16.2 Å². The summed E-state index contributed by atoms with van der Waals surface area (Å²) in [6, 6.07) is 7.13. The molecule has 18 heavy (non-hydrogen) atoms. The molecule has 0 radical (unpaired) electrons. The van der Waals surface area contributed by atoms with Crippen LogP contribution in [0.1, 0.15) is 16.5 Å². The van der Waals surface area contributed by atoms with Crippen LogP contribution in [0.25, 0.3) is 0 Å². The van der Waals surface area contributed by atoms with Gasteiger partial charge in [-0.2, -0.15) is 0 Å². The third-order valence-electron chi connectivity index (χ3n) is 2.70. The molecule has 2 rings (SSSR count). The van der Waals surface area contributed by atoms with E-state index >= 15 is 0 Å². The molecule has 1 aromatic heterocycles. The molecule has 0 aliphatic heterocycles. The zero-order valence-electron chi connectivity index (χ0n) is 10.1. The molecule has 2 N–H and O–H groups in total. The number of hydrogen-bond donors (Lipinski definition) is 1. The molecule has 0 aliphatic rings. The van der Waals surface area contributed by atoms with Gasteiger partial charge in [-0.25, -0.2) is 0 Å². The number of benzene rings is 1. The van der Waals surface area contributed by atoms with Crippen molar-refractivity contribution in [2.75, 3.05) is 14.2 Å². The minimum absolute atomic E-state index is 0.293. The Kier molecular flexibility index (Phi) is 4.11. The monoisotopic (exact) mass is 283 g/mol. The molecular weight excluding hydrogens is 270 g/mol. The van der Waals surface area contributed by atoms with Gasteiger partial charge in [0.05, 0.1) is 25.3 Å². The Hall–Kier alpha value is -1.23. The van der Waals surface area contributed by atoms with Crippen molar-refractivity contribution in [1.82, 2.24) is 0 Å². The number of ether oxygens (including phenoxy) is 2. The van der Waals surface area contributed by atoms with Crippen LogP contribution in [0.5, 0.6) is 11.5 Å². The van der Waals surface area contributed by atoms with Crippen molar-refractivity contribution in [3.05, 3.63) is 45.1 Å². The van der Waals surface area contributed by atoms with E-state index < -0.39 is 0 Å². The van der Waals surface area contributed by atoms with Gasteiger partial charge in [0.2, 0.25) is 0 Å². The summed E-state index contributed by atoms with van der Waals surface area (Å²) in [5.41, 5.74) is 7.13. The molecule has 0 saturated heterocycles. The van der Waals surface area contributed by atoms with Gasteiger partial charge < -0.3 is 15.2 Å². The van der Waals surface area contributed by atoms with Crippen LogP contribution < -0.4 is 15.2 Å². The fourth-order valence-corrected chi connectivity index (χ4v) is 2.94. The maximum absolute atomic E-state index is 6.23. The normalized spacial score (nSPS) is 12.2. The Balaban J connectivity index is 2.41. The van der Waals surface area contributed by atoms with Crippen molar-refractivity contribution in [3.8, 4) is 11.5 Å². The van der Waals surface area contributed by atoms with Crippen molar-refractivity contribution in [3.63, 3.8) is 0 Å². The third kappa shape index (κ3) is 2.46. The summed E-state index contributed by atoms with van der Waals surface area (Å²) in [4.78, 5) is 0.931. The summed E-state index contributed by atoms with van der Waals surface area (Å²) in [6.45, 7) is 0. The average Bonchev–Trinajstić information content (AvgIpc) is 2.83. The molecule has 1 unspecified atom stereocenters. The van der Waals surface area contributed by atoms with Crippen LogP contribution in [-0.2, 0) is 0 Å². The van der Waals surface area contributed by atoms with E-state index in [4.69, 9.17) is 26.8 Å². The van der Waals surface area contributed by atoms with Crippen LogP contribution >= 0.6 is 22.9 Å². The Morgan fingerprint density at radius 1 is 1.22 bits per heavy atom. The van der Waals surface area contributed by atoms with Gasteiger partial charge in [-0.15, -0.1) is 11.3 Å². The number of thiophene rings is 1. The lowest BCUT2D eigenvalue weighted by atomic mass is 10.0. The molecule has 0 amide bonds. The quantitative estimate of drug-likeness (QED) is 0.934. The van der Waals surface area contributed by atoms with Gasteiger partial charge in [-0.3, -0.25) is 0 Å². The summed E-state index contributed by atoms with van der Waals surface area (Å²) in [6.07, 6.45) is 0. The second kappa shape index (κ2) is 5.61. The van der Waals surface area contributed by atoms with Gasteiger partial charge >= 0.3 is 0 Å². The van der Waals surface area contributed by atoms with Crippen molar-refractivity contribution in [2.24, 2.45) is 5.73 Å².